The Bertz CT molecular complexity index is 1210. The van der Waals surface area contributed by atoms with Crippen molar-refractivity contribution in [3.05, 3.63) is 101 Å². The Balaban J connectivity index is 0.00000149. The number of halogens is 1. The number of nitrogens with two attached hydrogens (primary N) is 1. The van der Waals surface area contributed by atoms with Crippen LogP contribution in [0.2, 0.25) is 0 Å². The van der Waals surface area contributed by atoms with Gasteiger partial charge in [0.2, 0.25) is 12.1 Å². The quantitative estimate of drug-likeness (QED) is 0.412. The third kappa shape index (κ3) is 5.68. The van der Waals surface area contributed by atoms with Gasteiger partial charge in [-0.15, -0.1) is 0 Å². The van der Waals surface area contributed by atoms with Crippen LogP contribution in [0.1, 0.15) is 30.5 Å². The second-order valence-corrected chi connectivity index (χ2v) is 6.66. The number of aliphatic imine (C=N–C) groups is 2. The van der Waals surface area contributed by atoms with Gasteiger partial charge in [-0.25, -0.2) is 9.38 Å². The molecule has 3 aromatic carbocycles. The van der Waals surface area contributed by atoms with Crippen LogP contribution in [0.3, 0.4) is 0 Å². The lowest BCUT2D eigenvalue weighted by atomic mass is 10.0. The summed E-state index contributed by atoms with van der Waals surface area (Å²) in [5.74, 6) is -1.41. The fraction of sp³-hybridized carbons (Fsp3) is 0.120. The summed E-state index contributed by atoms with van der Waals surface area (Å²) < 4.78 is 18.6. The summed E-state index contributed by atoms with van der Waals surface area (Å²) in [6, 6.07) is 21.6. The van der Waals surface area contributed by atoms with Crippen molar-refractivity contribution < 1.29 is 13.9 Å². The maximum Gasteiger partial charge on any atom is 0.291 e. The predicted octanol–water partition coefficient (Wildman–Crippen LogP) is 4.32. The minimum absolute atomic E-state index is 0.185. The van der Waals surface area contributed by atoms with Crippen LogP contribution in [0.25, 0.3) is 0 Å². The highest BCUT2D eigenvalue weighted by atomic mass is 19.1. The number of carbonyl (C=O) groups excluding carboxylic acids is 1. The molecule has 0 radical (unpaired) electrons. The molecule has 7 nitrogen and oxygen atoms in total. The van der Waals surface area contributed by atoms with Gasteiger partial charge in [-0.1, -0.05) is 68.4 Å². The van der Waals surface area contributed by atoms with Crippen molar-refractivity contribution >= 4 is 29.2 Å². The Morgan fingerprint density at radius 1 is 1.06 bits per heavy atom. The molecule has 168 valence electrons. The number of amidine groups is 1. The maximum atomic E-state index is 13.4. The van der Waals surface area contributed by atoms with Gasteiger partial charge in [0.05, 0.1) is 11.4 Å². The molecule has 8 heteroatoms. The summed E-state index contributed by atoms with van der Waals surface area (Å²) in [5.41, 5.74) is 8.72. The molecule has 0 fully saturated rings. The number of rotatable bonds is 3. The fourth-order valence-electron chi connectivity index (χ4n) is 3.10. The summed E-state index contributed by atoms with van der Waals surface area (Å²) in [4.78, 5) is 21.3. The number of nitrogens with zero attached hydrogens (tertiary/aromatic N) is 2. The molecule has 0 saturated carbocycles. The maximum absolute atomic E-state index is 13.4. The molecule has 1 amide bonds. The van der Waals surface area contributed by atoms with E-state index in [1.165, 1.54) is 18.2 Å². The van der Waals surface area contributed by atoms with E-state index in [-0.39, 0.29) is 5.56 Å². The van der Waals surface area contributed by atoms with Crippen molar-refractivity contribution in [2.45, 2.75) is 20.0 Å². The molecule has 0 spiro atoms. The Kier molecular flexibility index (Phi) is 7.64. The van der Waals surface area contributed by atoms with E-state index in [0.29, 0.717) is 11.4 Å². The summed E-state index contributed by atoms with van der Waals surface area (Å²) in [7, 11) is 0. The van der Waals surface area contributed by atoms with Crippen molar-refractivity contribution in [2.24, 2.45) is 15.7 Å². The number of hydrogen-bond donors (Lipinski definition) is 3. The first kappa shape index (κ1) is 23.3. The third-order valence-electron chi connectivity index (χ3n) is 4.52. The highest BCUT2D eigenvalue weighted by molar-refractivity contribution is 6.19. The SMILES string of the molecule is CC.N=C(O/C(N)=N/C1N=C(c2ccccc2)c2ccccc2NC1=O)c1cccc(F)c1. The lowest BCUT2D eigenvalue weighted by Crippen LogP contribution is -2.29. The molecule has 33 heavy (non-hydrogen) atoms. The molecular weight excluding hydrogens is 421 g/mol. The Labute approximate surface area is 191 Å². The van der Waals surface area contributed by atoms with E-state index in [1.54, 1.807) is 6.07 Å². The number of nitrogens with one attached hydrogen (secondary N) is 2. The van der Waals surface area contributed by atoms with E-state index >= 15 is 0 Å². The summed E-state index contributed by atoms with van der Waals surface area (Å²) in [6.45, 7) is 4.00. The second-order valence-electron chi connectivity index (χ2n) is 6.66. The van der Waals surface area contributed by atoms with Gasteiger partial charge in [0.25, 0.3) is 11.9 Å². The van der Waals surface area contributed by atoms with Crippen LogP contribution in [0, 0.1) is 11.2 Å². The molecule has 4 N–H and O–H groups in total. The molecule has 1 aliphatic heterocycles. The fourth-order valence-corrected chi connectivity index (χ4v) is 3.10. The Morgan fingerprint density at radius 3 is 2.48 bits per heavy atom. The minimum Gasteiger partial charge on any atom is -0.407 e. The van der Waals surface area contributed by atoms with Crippen LogP contribution in [0.15, 0.2) is 88.8 Å². The Morgan fingerprint density at radius 2 is 1.76 bits per heavy atom. The van der Waals surface area contributed by atoms with Crippen molar-refractivity contribution in [1.82, 2.24) is 0 Å². The van der Waals surface area contributed by atoms with Crippen molar-refractivity contribution in [1.29, 1.82) is 5.41 Å². The summed E-state index contributed by atoms with van der Waals surface area (Å²) >= 11 is 0. The molecule has 0 aromatic heterocycles. The van der Waals surface area contributed by atoms with Crippen molar-refractivity contribution in [3.63, 3.8) is 0 Å². The predicted molar refractivity (Wildman–Crippen MR) is 128 cm³/mol. The lowest BCUT2D eigenvalue weighted by molar-refractivity contribution is -0.117. The van der Waals surface area contributed by atoms with Gasteiger partial charge >= 0.3 is 0 Å². The van der Waals surface area contributed by atoms with Gasteiger partial charge in [-0.05, 0) is 24.3 Å². The van der Waals surface area contributed by atoms with Gasteiger partial charge in [-0.3, -0.25) is 10.2 Å². The van der Waals surface area contributed by atoms with E-state index in [4.69, 9.17) is 15.9 Å². The molecule has 1 aliphatic rings. The molecule has 0 saturated heterocycles. The number of amides is 1. The number of benzodiazepines with no additional fused rings is 1. The summed E-state index contributed by atoms with van der Waals surface area (Å²) in [6.07, 6.45) is -1.23. The number of benzene rings is 3. The number of fused-ring (bicyclic) bond motifs is 1. The normalized spacial score (nSPS) is 15.1. The van der Waals surface area contributed by atoms with Crippen molar-refractivity contribution in [2.75, 3.05) is 5.32 Å². The van der Waals surface area contributed by atoms with E-state index in [1.807, 2.05) is 62.4 Å². The number of ether oxygens (including phenoxy) is 1. The molecule has 1 heterocycles. The zero-order valence-electron chi connectivity index (χ0n) is 18.2. The third-order valence-corrected chi connectivity index (χ3v) is 4.52. The first-order valence-corrected chi connectivity index (χ1v) is 10.4. The van der Waals surface area contributed by atoms with Gasteiger partial charge in [0.15, 0.2) is 0 Å². The van der Waals surface area contributed by atoms with Gasteiger partial charge in [-0.2, -0.15) is 4.99 Å². The van der Waals surface area contributed by atoms with Gasteiger partial charge in [0, 0.05) is 16.7 Å². The van der Waals surface area contributed by atoms with Gasteiger partial charge in [0.1, 0.15) is 5.82 Å². The smallest absolute Gasteiger partial charge is 0.291 e. The highest BCUT2D eigenvalue weighted by Crippen LogP contribution is 2.24. The first-order chi connectivity index (χ1) is 16.0. The minimum atomic E-state index is -1.23. The van der Waals surface area contributed by atoms with E-state index in [0.717, 1.165) is 17.2 Å². The first-order valence-electron chi connectivity index (χ1n) is 10.4. The zero-order valence-corrected chi connectivity index (χ0v) is 18.2. The average Bonchev–Trinajstić information content (AvgIpc) is 2.97. The second kappa shape index (κ2) is 10.8. The molecular formula is C25H24FN5O2. The molecule has 0 bridgehead atoms. The lowest BCUT2D eigenvalue weighted by Gasteiger charge is -2.10. The van der Waals surface area contributed by atoms with Crippen LogP contribution in [0.4, 0.5) is 10.1 Å². The largest absolute Gasteiger partial charge is 0.407 e. The topological polar surface area (TPSA) is 113 Å². The van der Waals surface area contributed by atoms with Crippen LogP contribution in [-0.4, -0.2) is 29.7 Å². The van der Waals surface area contributed by atoms with Crippen LogP contribution < -0.4 is 11.1 Å². The van der Waals surface area contributed by atoms with E-state index < -0.39 is 29.8 Å². The zero-order chi connectivity index (χ0) is 23.8. The Hall–Kier alpha value is -4.33. The molecule has 4 rings (SSSR count). The van der Waals surface area contributed by atoms with Crippen LogP contribution >= 0.6 is 0 Å². The monoisotopic (exact) mass is 445 g/mol. The molecule has 3 aromatic rings. The number of para-hydroxylation sites is 1. The summed E-state index contributed by atoms with van der Waals surface area (Å²) in [5, 5.41) is 10.8. The van der Waals surface area contributed by atoms with Crippen LogP contribution in [-0.2, 0) is 9.53 Å². The van der Waals surface area contributed by atoms with Crippen molar-refractivity contribution in [3.8, 4) is 0 Å². The molecule has 0 aliphatic carbocycles. The van der Waals surface area contributed by atoms with Crippen LogP contribution in [0.5, 0.6) is 0 Å². The average molecular weight is 445 g/mol. The highest BCUT2D eigenvalue weighted by Gasteiger charge is 2.26. The number of carbonyl (C=O) groups is 1. The molecule has 1 atom stereocenters. The van der Waals surface area contributed by atoms with E-state index in [9.17, 15) is 9.18 Å². The number of hydrogen-bond acceptors (Lipinski definition) is 5. The standard InChI is InChI=1S/C23H18FN5O2.C2H6/c24-16-10-6-9-15(13-16)20(25)31-23(26)29-21-22(30)27-18-12-5-4-11-17(18)19(28-21)14-7-2-1-3-8-14;1-2/h1-13,21,25H,(H2,26,29)(H,27,30);1-2H3. The molecule has 1 unspecified atom stereocenters. The van der Waals surface area contributed by atoms with Gasteiger partial charge < -0.3 is 15.8 Å². The van der Waals surface area contributed by atoms with E-state index in [2.05, 4.69) is 15.3 Å². The number of anilines is 1.